The third-order valence-electron chi connectivity index (χ3n) is 7.83. The number of likely N-dealkylation sites (tertiary alicyclic amines) is 1. The normalized spacial score (nSPS) is 22.8. The van der Waals surface area contributed by atoms with E-state index >= 15 is 0 Å². The Morgan fingerprint density at radius 1 is 1.13 bits per heavy atom. The Bertz CT molecular complexity index is 1200. The first kappa shape index (κ1) is 27.7. The van der Waals surface area contributed by atoms with Crippen molar-refractivity contribution < 1.29 is 24.9 Å². The molecule has 1 aromatic heterocycles. The molecule has 7 nitrogen and oxygen atoms in total. The fraction of sp³-hybridized carbons (Fsp3) is 0.452. The van der Waals surface area contributed by atoms with E-state index in [2.05, 4.69) is 4.98 Å². The van der Waals surface area contributed by atoms with Gasteiger partial charge in [-0.3, -0.25) is 19.5 Å². The van der Waals surface area contributed by atoms with E-state index in [0.717, 1.165) is 22.4 Å². The van der Waals surface area contributed by atoms with Gasteiger partial charge in [-0.25, -0.2) is 0 Å². The summed E-state index contributed by atoms with van der Waals surface area (Å²) in [6.45, 7) is 6.09. The number of allylic oxidation sites excluding steroid dienone is 2. The summed E-state index contributed by atoms with van der Waals surface area (Å²) < 4.78 is 0. The third kappa shape index (κ3) is 5.59. The average Bonchev–Trinajstić information content (AvgIpc) is 3.16. The van der Waals surface area contributed by atoms with Crippen molar-refractivity contribution in [2.24, 2.45) is 23.7 Å². The zero-order valence-corrected chi connectivity index (χ0v) is 22.4. The molecule has 1 aromatic carbocycles. The Labute approximate surface area is 224 Å². The second-order valence-corrected chi connectivity index (χ2v) is 10.6. The Kier molecular flexibility index (Phi) is 8.80. The van der Waals surface area contributed by atoms with Crippen molar-refractivity contribution >= 4 is 23.5 Å². The molecule has 1 aliphatic heterocycles. The first-order valence-electron chi connectivity index (χ1n) is 13.5. The smallest absolute Gasteiger partial charge is 0.233 e. The largest absolute Gasteiger partial charge is 0.508 e. The maximum atomic E-state index is 13.3. The molecule has 2 heterocycles. The number of phenols is 1. The van der Waals surface area contributed by atoms with Crippen LogP contribution in [0.15, 0.2) is 59.8 Å². The number of pyridine rings is 1. The van der Waals surface area contributed by atoms with Crippen molar-refractivity contribution in [3.63, 3.8) is 0 Å². The third-order valence-corrected chi connectivity index (χ3v) is 7.83. The molecule has 1 aliphatic carbocycles. The quantitative estimate of drug-likeness (QED) is 0.317. The molecule has 38 heavy (non-hydrogen) atoms. The van der Waals surface area contributed by atoms with Crippen LogP contribution < -0.4 is 0 Å². The van der Waals surface area contributed by atoms with E-state index in [1.54, 1.807) is 18.3 Å². The first-order chi connectivity index (χ1) is 18.3. The van der Waals surface area contributed by atoms with Crippen LogP contribution in [-0.2, 0) is 9.59 Å². The number of rotatable bonds is 10. The van der Waals surface area contributed by atoms with E-state index in [1.807, 2.05) is 57.2 Å². The summed E-state index contributed by atoms with van der Waals surface area (Å²) in [4.78, 5) is 32.3. The fourth-order valence-corrected chi connectivity index (χ4v) is 6.00. The highest BCUT2D eigenvalue weighted by molar-refractivity contribution is 6.05. The number of carbonyl (C=O) groups is 2. The lowest BCUT2D eigenvalue weighted by Gasteiger charge is -2.38. The van der Waals surface area contributed by atoms with Gasteiger partial charge in [-0.2, -0.15) is 0 Å². The molecule has 1 fully saturated rings. The summed E-state index contributed by atoms with van der Waals surface area (Å²) in [6.07, 6.45) is 4.85. The van der Waals surface area contributed by atoms with Crippen LogP contribution in [0.4, 0.5) is 0 Å². The molecule has 202 valence electrons. The van der Waals surface area contributed by atoms with Gasteiger partial charge in [-0.1, -0.05) is 44.5 Å². The van der Waals surface area contributed by atoms with Crippen molar-refractivity contribution in [3.05, 3.63) is 71.1 Å². The Balaban J connectivity index is 1.64. The minimum Gasteiger partial charge on any atom is -0.508 e. The highest BCUT2D eigenvalue weighted by atomic mass is 16.3. The molecule has 0 unspecified atom stereocenters. The lowest BCUT2D eigenvalue weighted by Crippen LogP contribution is -2.39. The molecule has 0 radical (unpaired) electrons. The Morgan fingerprint density at radius 3 is 2.47 bits per heavy atom. The van der Waals surface area contributed by atoms with E-state index in [0.29, 0.717) is 37.8 Å². The summed E-state index contributed by atoms with van der Waals surface area (Å²) in [5.74, 6) is -1.81. The maximum Gasteiger partial charge on any atom is 0.233 e. The van der Waals surface area contributed by atoms with Gasteiger partial charge in [0, 0.05) is 18.7 Å². The summed E-state index contributed by atoms with van der Waals surface area (Å²) in [6, 6.07) is 12.6. The number of fused-ring (bicyclic) bond motifs is 1. The number of phenolic OH excluding ortho intramolecular Hbond substituents is 1. The van der Waals surface area contributed by atoms with Gasteiger partial charge in [0.15, 0.2) is 0 Å². The van der Waals surface area contributed by atoms with Crippen LogP contribution in [0.5, 0.6) is 5.75 Å². The minimum atomic E-state index is -0.874. The molecule has 2 aliphatic rings. The standard InChI is InChI=1S/C31H38N2O5/c1-4-15-33-30(37)24-17-23(19(2)3)28(25(18-34)29(24)31(33)38)27(36)13-10-21(26-7-5-6-14-32-26)16-20-8-11-22(35)12-9-20/h5-9,11-12,14,16,19,24-25,27,29,34-36H,4,10,13,15,17-18H2,1-3H3/b21-16-/t24-,25+,27-,29-/m1/s1. The van der Waals surface area contributed by atoms with Gasteiger partial charge < -0.3 is 15.3 Å². The fourth-order valence-electron chi connectivity index (χ4n) is 6.00. The van der Waals surface area contributed by atoms with E-state index in [9.17, 15) is 24.9 Å². The second-order valence-electron chi connectivity index (χ2n) is 10.6. The number of hydrogen-bond acceptors (Lipinski definition) is 6. The molecule has 0 saturated carbocycles. The van der Waals surface area contributed by atoms with Crippen molar-refractivity contribution in [1.29, 1.82) is 0 Å². The van der Waals surface area contributed by atoms with Crippen LogP contribution in [0.25, 0.3) is 11.6 Å². The molecule has 2 aromatic rings. The number of aliphatic hydroxyl groups excluding tert-OH is 2. The molecule has 4 atom stereocenters. The van der Waals surface area contributed by atoms with Crippen LogP contribution in [0.1, 0.15) is 57.7 Å². The Morgan fingerprint density at radius 2 is 1.87 bits per heavy atom. The first-order valence-corrected chi connectivity index (χ1v) is 13.5. The number of hydrogen-bond donors (Lipinski definition) is 3. The van der Waals surface area contributed by atoms with E-state index in [-0.39, 0.29) is 30.1 Å². The summed E-state index contributed by atoms with van der Waals surface area (Å²) in [5, 5.41) is 31.7. The van der Waals surface area contributed by atoms with Gasteiger partial charge in [0.2, 0.25) is 11.8 Å². The van der Waals surface area contributed by atoms with Crippen LogP contribution in [0.2, 0.25) is 0 Å². The number of aliphatic hydroxyl groups is 2. The molecule has 0 bridgehead atoms. The predicted molar refractivity (Wildman–Crippen MR) is 147 cm³/mol. The monoisotopic (exact) mass is 518 g/mol. The van der Waals surface area contributed by atoms with Crippen molar-refractivity contribution in [2.75, 3.05) is 13.2 Å². The van der Waals surface area contributed by atoms with Gasteiger partial charge >= 0.3 is 0 Å². The van der Waals surface area contributed by atoms with Gasteiger partial charge in [-0.05, 0) is 78.7 Å². The van der Waals surface area contributed by atoms with E-state index in [1.165, 1.54) is 4.90 Å². The number of nitrogens with zero attached hydrogens (tertiary/aromatic N) is 2. The van der Waals surface area contributed by atoms with Gasteiger partial charge in [0.1, 0.15) is 5.75 Å². The highest BCUT2D eigenvalue weighted by Gasteiger charge is 2.54. The van der Waals surface area contributed by atoms with Crippen molar-refractivity contribution in [3.8, 4) is 5.75 Å². The molecule has 4 rings (SSSR count). The lowest BCUT2D eigenvalue weighted by atomic mass is 9.66. The van der Waals surface area contributed by atoms with Gasteiger partial charge in [-0.15, -0.1) is 0 Å². The lowest BCUT2D eigenvalue weighted by molar-refractivity contribution is -0.140. The molecule has 1 saturated heterocycles. The van der Waals surface area contributed by atoms with E-state index in [4.69, 9.17) is 0 Å². The van der Waals surface area contributed by atoms with Crippen LogP contribution in [-0.4, -0.2) is 56.3 Å². The van der Waals surface area contributed by atoms with Gasteiger partial charge in [0.05, 0.1) is 30.2 Å². The average molecular weight is 519 g/mol. The van der Waals surface area contributed by atoms with Crippen LogP contribution >= 0.6 is 0 Å². The van der Waals surface area contributed by atoms with E-state index < -0.39 is 23.9 Å². The molecule has 0 spiro atoms. The molecule has 2 amide bonds. The second kappa shape index (κ2) is 12.0. The molecular weight excluding hydrogens is 480 g/mol. The number of carbonyl (C=O) groups excluding carboxylic acids is 2. The van der Waals surface area contributed by atoms with Gasteiger partial charge in [0.25, 0.3) is 0 Å². The number of aromatic hydroxyl groups is 1. The zero-order valence-electron chi connectivity index (χ0n) is 22.4. The number of imide groups is 1. The number of benzene rings is 1. The van der Waals surface area contributed by atoms with Crippen LogP contribution in [0, 0.1) is 23.7 Å². The number of amides is 2. The minimum absolute atomic E-state index is 0.0700. The predicted octanol–water partition coefficient (Wildman–Crippen LogP) is 4.44. The summed E-state index contributed by atoms with van der Waals surface area (Å²) in [5.41, 5.74) is 4.31. The molecule has 7 heteroatoms. The Hall–Kier alpha value is -3.29. The highest BCUT2D eigenvalue weighted by Crippen LogP contribution is 2.48. The maximum absolute atomic E-state index is 13.3. The summed E-state index contributed by atoms with van der Waals surface area (Å²) in [7, 11) is 0. The molecule has 3 N–H and O–H groups in total. The topological polar surface area (TPSA) is 111 Å². The van der Waals surface area contributed by atoms with Crippen molar-refractivity contribution in [2.45, 2.75) is 52.6 Å². The summed E-state index contributed by atoms with van der Waals surface area (Å²) >= 11 is 0. The van der Waals surface area contributed by atoms with Crippen LogP contribution in [0.3, 0.4) is 0 Å². The molecular formula is C31H38N2O5. The number of aromatic nitrogens is 1. The SMILES string of the molecule is CCCN1C(=O)[C@@H]2[C@@H](CC(C(C)C)=C([C@H](O)CC/C(=C/c3ccc(O)cc3)c3ccccn3)[C@@H]2CO)C1=O. The zero-order chi connectivity index (χ0) is 27.4. The van der Waals surface area contributed by atoms with Crippen molar-refractivity contribution in [1.82, 2.24) is 9.88 Å².